The van der Waals surface area contributed by atoms with Gasteiger partial charge in [0.05, 0.1) is 0 Å². The highest BCUT2D eigenvalue weighted by molar-refractivity contribution is 7.89. The fraction of sp³-hybridized carbons (Fsp3) is 0.143. The summed E-state index contributed by atoms with van der Waals surface area (Å²) in [7, 11) is -2.62. The van der Waals surface area contributed by atoms with Crippen molar-refractivity contribution in [2.45, 2.75) is 11.1 Å². The molecule has 1 aromatic heterocycles. The van der Waals surface area contributed by atoms with Gasteiger partial charge in [-0.3, -0.25) is 4.79 Å². The molecule has 0 spiro atoms. The van der Waals surface area contributed by atoms with Gasteiger partial charge in [0.25, 0.3) is 15.9 Å². The lowest BCUT2D eigenvalue weighted by Gasteiger charge is -2.13. The molecule has 122 valence electrons. The van der Waals surface area contributed by atoms with Crippen molar-refractivity contribution in [3.63, 3.8) is 0 Å². The summed E-state index contributed by atoms with van der Waals surface area (Å²) >= 11 is 0. The highest BCUT2D eigenvalue weighted by atomic mass is 32.2. The van der Waals surface area contributed by atoms with Crippen LogP contribution in [0, 0.1) is 0 Å². The molecule has 0 saturated heterocycles. The van der Waals surface area contributed by atoms with E-state index in [1.165, 1.54) is 7.05 Å². The van der Waals surface area contributed by atoms with E-state index in [0.29, 0.717) is 5.56 Å². The predicted octanol–water partition coefficient (Wildman–Crippen LogP) is 0.743. The van der Waals surface area contributed by atoms with Crippen LogP contribution in [0.5, 0.6) is 0 Å². The Morgan fingerprint density at radius 1 is 1.13 bits per heavy atom. The molecule has 9 heteroatoms. The SMILES string of the molecule is CNS(=O)(=O)c1ccc(C(=O)NC(C(=O)O)c2ccccc2)o1. The number of carbonyl (C=O) groups is 2. The lowest BCUT2D eigenvalue weighted by atomic mass is 10.1. The number of aliphatic carboxylic acids is 1. The first-order chi connectivity index (χ1) is 10.8. The van der Waals surface area contributed by atoms with Crippen LogP contribution in [0.2, 0.25) is 0 Å². The van der Waals surface area contributed by atoms with Crippen molar-refractivity contribution in [2.24, 2.45) is 0 Å². The number of benzene rings is 1. The summed E-state index contributed by atoms with van der Waals surface area (Å²) in [6.07, 6.45) is 0. The summed E-state index contributed by atoms with van der Waals surface area (Å²) in [5.74, 6) is -2.39. The van der Waals surface area contributed by atoms with E-state index in [1.807, 2.05) is 4.72 Å². The maximum absolute atomic E-state index is 12.1. The predicted molar refractivity (Wildman–Crippen MR) is 79.2 cm³/mol. The molecule has 1 amide bonds. The van der Waals surface area contributed by atoms with E-state index in [0.717, 1.165) is 12.1 Å². The zero-order chi connectivity index (χ0) is 17.0. The van der Waals surface area contributed by atoms with Crippen LogP contribution in [0.15, 0.2) is 52.0 Å². The molecule has 0 aliphatic rings. The molecule has 1 heterocycles. The fourth-order valence-electron chi connectivity index (χ4n) is 1.82. The van der Waals surface area contributed by atoms with Crippen LogP contribution < -0.4 is 10.0 Å². The van der Waals surface area contributed by atoms with Gasteiger partial charge in [-0.15, -0.1) is 0 Å². The standard InChI is InChI=1S/C14H14N2O6S/c1-15-23(20,21)11-8-7-10(22-11)13(17)16-12(14(18)19)9-5-3-2-4-6-9/h2-8,12,15H,1H3,(H,16,17)(H,18,19). The Bertz CT molecular complexity index is 813. The quantitative estimate of drug-likeness (QED) is 0.713. The minimum absolute atomic E-state index is 0.305. The topological polar surface area (TPSA) is 126 Å². The fourth-order valence-corrected chi connectivity index (χ4v) is 2.47. The van der Waals surface area contributed by atoms with Gasteiger partial charge in [-0.25, -0.2) is 17.9 Å². The van der Waals surface area contributed by atoms with Gasteiger partial charge in [-0.05, 0) is 24.7 Å². The molecule has 1 atom stereocenters. The summed E-state index contributed by atoms with van der Waals surface area (Å²) in [5.41, 5.74) is 0.378. The van der Waals surface area contributed by atoms with Crippen molar-refractivity contribution in [1.29, 1.82) is 0 Å². The van der Waals surface area contributed by atoms with Crippen molar-refractivity contribution < 1.29 is 27.5 Å². The highest BCUT2D eigenvalue weighted by Gasteiger charge is 2.25. The summed E-state index contributed by atoms with van der Waals surface area (Å²) in [4.78, 5) is 23.4. The number of amides is 1. The second-order valence-electron chi connectivity index (χ2n) is 4.48. The second-order valence-corrected chi connectivity index (χ2v) is 6.30. The van der Waals surface area contributed by atoms with Gasteiger partial charge in [0, 0.05) is 0 Å². The van der Waals surface area contributed by atoms with Gasteiger partial charge < -0.3 is 14.8 Å². The second kappa shape index (κ2) is 6.63. The molecule has 1 unspecified atom stereocenters. The van der Waals surface area contributed by atoms with Crippen LogP contribution in [0.4, 0.5) is 0 Å². The largest absolute Gasteiger partial charge is 0.479 e. The normalized spacial score (nSPS) is 12.6. The van der Waals surface area contributed by atoms with Gasteiger partial charge in [-0.1, -0.05) is 30.3 Å². The Kier molecular flexibility index (Phi) is 4.82. The molecular weight excluding hydrogens is 324 g/mol. The lowest BCUT2D eigenvalue weighted by molar-refractivity contribution is -0.139. The maximum Gasteiger partial charge on any atom is 0.330 e. The molecular formula is C14H14N2O6S. The molecule has 0 fully saturated rings. The summed E-state index contributed by atoms with van der Waals surface area (Å²) < 4.78 is 30.1. The molecule has 2 aromatic rings. The Labute approximate surface area is 132 Å². The molecule has 0 radical (unpaired) electrons. The van der Waals surface area contributed by atoms with Gasteiger partial charge in [-0.2, -0.15) is 0 Å². The molecule has 0 bridgehead atoms. The number of sulfonamides is 1. The molecule has 1 aromatic carbocycles. The third-order valence-corrected chi connectivity index (χ3v) is 4.28. The Hall–Kier alpha value is -2.65. The number of carbonyl (C=O) groups excluding carboxylic acids is 1. The number of carboxylic acid groups (broad SMARTS) is 1. The number of hydrogen-bond donors (Lipinski definition) is 3. The van der Waals surface area contributed by atoms with Gasteiger partial charge >= 0.3 is 5.97 Å². The molecule has 0 saturated carbocycles. The number of hydrogen-bond acceptors (Lipinski definition) is 5. The molecule has 23 heavy (non-hydrogen) atoms. The monoisotopic (exact) mass is 338 g/mol. The van der Waals surface area contributed by atoms with E-state index in [1.54, 1.807) is 30.3 Å². The third kappa shape index (κ3) is 3.76. The Morgan fingerprint density at radius 3 is 2.35 bits per heavy atom. The van der Waals surface area contributed by atoms with E-state index >= 15 is 0 Å². The lowest BCUT2D eigenvalue weighted by Crippen LogP contribution is -2.33. The Balaban J connectivity index is 2.22. The number of nitrogens with one attached hydrogen (secondary N) is 2. The first-order valence-electron chi connectivity index (χ1n) is 6.47. The molecule has 3 N–H and O–H groups in total. The van der Waals surface area contributed by atoms with E-state index in [2.05, 4.69) is 5.32 Å². The minimum atomic E-state index is -3.82. The van der Waals surface area contributed by atoms with Crippen LogP contribution >= 0.6 is 0 Å². The Morgan fingerprint density at radius 2 is 1.78 bits per heavy atom. The van der Waals surface area contributed by atoms with Crippen LogP contribution in [0.25, 0.3) is 0 Å². The average molecular weight is 338 g/mol. The van der Waals surface area contributed by atoms with Crippen molar-refractivity contribution >= 4 is 21.9 Å². The first kappa shape index (κ1) is 16.7. The van der Waals surface area contributed by atoms with Crippen molar-refractivity contribution in [1.82, 2.24) is 10.0 Å². The summed E-state index contributed by atoms with van der Waals surface area (Å²) in [6, 6.07) is 9.09. The van der Waals surface area contributed by atoms with Crippen molar-refractivity contribution in [3.8, 4) is 0 Å². The zero-order valence-corrected chi connectivity index (χ0v) is 12.8. The number of carboxylic acids is 1. The molecule has 8 nitrogen and oxygen atoms in total. The summed E-state index contributed by atoms with van der Waals surface area (Å²) in [5, 5.41) is 11.1. The van der Waals surface area contributed by atoms with E-state index < -0.39 is 33.0 Å². The van der Waals surface area contributed by atoms with E-state index in [4.69, 9.17) is 4.42 Å². The van der Waals surface area contributed by atoms with Crippen molar-refractivity contribution in [2.75, 3.05) is 7.05 Å². The van der Waals surface area contributed by atoms with E-state index in [9.17, 15) is 23.1 Å². The first-order valence-corrected chi connectivity index (χ1v) is 7.95. The third-order valence-electron chi connectivity index (χ3n) is 2.99. The average Bonchev–Trinajstić information content (AvgIpc) is 3.04. The number of furan rings is 1. The summed E-state index contributed by atoms with van der Waals surface area (Å²) in [6.45, 7) is 0. The van der Waals surface area contributed by atoms with Gasteiger partial charge in [0.15, 0.2) is 11.8 Å². The van der Waals surface area contributed by atoms with Crippen LogP contribution in [0.1, 0.15) is 22.2 Å². The van der Waals surface area contributed by atoms with Crippen LogP contribution in [-0.2, 0) is 14.8 Å². The van der Waals surface area contributed by atoms with E-state index in [-0.39, 0.29) is 5.76 Å². The van der Waals surface area contributed by atoms with Crippen molar-refractivity contribution in [3.05, 3.63) is 53.8 Å². The number of rotatable bonds is 6. The molecule has 0 aliphatic heterocycles. The minimum Gasteiger partial charge on any atom is -0.479 e. The molecule has 0 aliphatic carbocycles. The zero-order valence-electron chi connectivity index (χ0n) is 12.0. The highest BCUT2D eigenvalue weighted by Crippen LogP contribution is 2.17. The van der Waals surface area contributed by atoms with Gasteiger partial charge in [0.1, 0.15) is 0 Å². The van der Waals surface area contributed by atoms with Gasteiger partial charge in [0.2, 0.25) is 5.09 Å². The van der Waals surface area contributed by atoms with Crippen LogP contribution in [0.3, 0.4) is 0 Å². The smallest absolute Gasteiger partial charge is 0.330 e. The molecule has 2 rings (SSSR count). The maximum atomic E-state index is 12.1. The van der Waals surface area contributed by atoms with Crippen LogP contribution in [-0.4, -0.2) is 32.4 Å².